The molecule has 2 rings (SSSR count). The largest absolute Gasteiger partial charge is 0.311 e. The molecule has 1 aromatic heterocycles. The first-order valence-corrected chi connectivity index (χ1v) is 7.87. The number of hydrogen-bond donors (Lipinski definition) is 1. The van der Waals surface area contributed by atoms with Crippen molar-refractivity contribution >= 4 is 10.8 Å². The molecule has 0 bridgehead atoms. The van der Waals surface area contributed by atoms with Crippen LogP contribution in [0.15, 0.2) is 36.7 Å². The van der Waals surface area contributed by atoms with Crippen LogP contribution in [0.25, 0.3) is 10.8 Å². The first-order valence-electron chi connectivity index (χ1n) is 7.87. The summed E-state index contributed by atoms with van der Waals surface area (Å²) in [5.41, 5.74) is 1.33. The molecule has 0 aliphatic rings. The molecular weight excluding hydrogens is 258 g/mol. The van der Waals surface area contributed by atoms with E-state index in [4.69, 9.17) is 0 Å². The van der Waals surface area contributed by atoms with Crippen LogP contribution >= 0.6 is 0 Å². The van der Waals surface area contributed by atoms with Crippen molar-refractivity contribution in [2.45, 2.75) is 46.3 Å². The molecule has 1 aromatic carbocycles. The highest BCUT2D eigenvalue weighted by atomic mass is 15.2. The highest BCUT2D eigenvalue weighted by Gasteiger charge is 2.11. The fourth-order valence-corrected chi connectivity index (χ4v) is 2.80. The molecule has 3 heteroatoms. The number of nitrogens with zero attached hydrogens (tertiary/aromatic N) is 2. The van der Waals surface area contributed by atoms with Crippen LogP contribution in [-0.2, 0) is 6.54 Å². The Balaban J connectivity index is 1.84. The molecule has 2 aromatic rings. The van der Waals surface area contributed by atoms with E-state index in [1.807, 2.05) is 12.4 Å². The average Bonchev–Trinajstić information content (AvgIpc) is 2.46. The molecule has 0 unspecified atom stereocenters. The average molecular weight is 285 g/mol. The number of pyridine rings is 1. The summed E-state index contributed by atoms with van der Waals surface area (Å²) in [6, 6.07) is 9.83. The molecule has 21 heavy (non-hydrogen) atoms. The zero-order valence-corrected chi connectivity index (χ0v) is 13.6. The second kappa shape index (κ2) is 7.53. The van der Waals surface area contributed by atoms with Crippen molar-refractivity contribution in [2.24, 2.45) is 0 Å². The van der Waals surface area contributed by atoms with Crippen LogP contribution in [0.2, 0.25) is 0 Å². The third-order valence-corrected chi connectivity index (χ3v) is 3.91. The molecule has 0 radical (unpaired) electrons. The normalized spacial score (nSPS) is 12.0. The third-order valence-electron chi connectivity index (χ3n) is 3.91. The Morgan fingerprint density at radius 3 is 2.52 bits per heavy atom. The summed E-state index contributed by atoms with van der Waals surface area (Å²) in [7, 11) is 0. The monoisotopic (exact) mass is 285 g/mol. The van der Waals surface area contributed by atoms with E-state index in [9.17, 15) is 0 Å². The quantitative estimate of drug-likeness (QED) is 0.790. The van der Waals surface area contributed by atoms with E-state index in [0.717, 1.165) is 19.6 Å². The molecule has 0 fully saturated rings. The van der Waals surface area contributed by atoms with Gasteiger partial charge in [0.1, 0.15) is 0 Å². The van der Waals surface area contributed by atoms with Crippen molar-refractivity contribution in [2.75, 3.05) is 13.1 Å². The van der Waals surface area contributed by atoms with Crippen LogP contribution in [0.3, 0.4) is 0 Å². The SMILES string of the molecule is CC(C)N(CCNCc1ccc2cnccc2c1)C(C)C. The maximum absolute atomic E-state index is 4.15. The van der Waals surface area contributed by atoms with Crippen molar-refractivity contribution in [1.82, 2.24) is 15.2 Å². The van der Waals surface area contributed by atoms with Crippen molar-refractivity contribution in [3.05, 3.63) is 42.2 Å². The number of nitrogens with one attached hydrogen (secondary N) is 1. The Hall–Kier alpha value is -1.45. The molecule has 0 spiro atoms. The van der Waals surface area contributed by atoms with Crippen molar-refractivity contribution < 1.29 is 0 Å². The number of rotatable bonds is 7. The minimum atomic E-state index is 0.597. The number of fused-ring (bicyclic) bond motifs is 1. The Labute approximate surface area is 128 Å². The molecule has 0 saturated carbocycles. The maximum Gasteiger partial charge on any atom is 0.0346 e. The third kappa shape index (κ3) is 4.51. The lowest BCUT2D eigenvalue weighted by Crippen LogP contribution is -2.41. The first kappa shape index (κ1) is 15.9. The summed E-state index contributed by atoms with van der Waals surface area (Å²) in [6.45, 7) is 12.1. The summed E-state index contributed by atoms with van der Waals surface area (Å²) >= 11 is 0. The lowest BCUT2D eigenvalue weighted by molar-refractivity contribution is 0.176. The predicted molar refractivity (Wildman–Crippen MR) is 90.4 cm³/mol. The van der Waals surface area contributed by atoms with E-state index in [0.29, 0.717) is 12.1 Å². The van der Waals surface area contributed by atoms with E-state index >= 15 is 0 Å². The summed E-state index contributed by atoms with van der Waals surface area (Å²) in [4.78, 5) is 6.66. The highest BCUT2D eigenvalue weighted by molar-refractivity contribution is 5.81. The van der Waals surface area contributed by atoms with Gasteiger partial charge in [-0.3, -0.25) is 9.88 Å². The van der Waals surface area contributed by atoms with Gasteiger partial charge in [0, 0.05) is 49.5 Å². The van der Waals surface area contributed by atoms with Gasteiger partial charge < -0.3 is 5.32 Å². The number of benzene rings is 1. The van der Waals surface area contributed by atoms with Gasteiger partial charge in [-0.1, -0.05) is 12.1 Å². The lowest BCUT2D eigenvalue weighted by Gasteiger charge is -2.30. The van der Waals surface area contributed by atoms with E-state index in [2.05, 4.69) is 67.2 Å². The topological polar surface area (TPSA) is 28.2 Å². The summed E-state index contributed by atoms with van der Waals surface area (Å²) < 4.78 is 0. The summed E-state index contributed by atoms with van der Waals surface area (Å²) in [5.74, 6) is 0. The Kier molecular flexibility index (Phi) is 5.71. The van der Waals surface area contributed by atoms with Gasteiger partial charge in [0.25, 0.3) is 0 Å². The molecule has 0 saturated heterocycles. The van der Waals surface area contributed by atoms with Crippen LogP contribution in [0.5, 0.6) is 0 Å². The van der Waals surface area contributed by atoms with Crippen LogP contribution in [0.1, 0.15) is 33.3 Å². The standard InChI is InChI=1S/C18H27N3/c1-14(2)21(15(3)4)10-9-20-12-16-5-6-18-13-19-8-7-17(18)11-16/h5-8,11,13-15,20H,9-10,12H2,1-4H3. The Bertz CT molecular complexity index is 555. The number of hydrogen-bond acceptors (Lipinski definition) is 3. The maximum atomic E-state index is 4.15. The fraction of sp³-hybridized carbons (Fsp3) is 0.500. The van der Waals surface area contributed by atoms with Crippen LogP contribution in [0, 0.1) is 0 Å². The van der Waals surface area contributed by atoms with Gasteiger partial charge in [-0.25, -0.2) is 0 Å². The van der Waals surface area contributed by atoms with Gasteiger partial charge in [0.05, 0.1) is 0 Å². The van der Waals surface area contributed by atoms with Gasteiger partial charge in [-0.2, -0.15) is 0 Å². The minimum absolute atomic E-state index is 0.597. The van der Waals surface area contributed by atoms with Gasteiger partial charge >= 0.3 is 0 Å². The van der Waals surface area contributed by atoms with Gasteiger partial charge in [-0.15, -0.1) is 0 Å². The van der Waals surface area contributed by atoms with Gasteiger partial charge in [0.2, 0.25) is 0 Å². The molecule has 1 heterocycles. The van der Waals surface area contributed by atoms with Crippen molar-refractivity contribution in [3.8, 4) is 0 Å². The van der Waals surface area contributed by atoms with Gasteiger partial charge in [-0.05, 0) is 50.8 Å². The van der Waals surface area contributed by atoms with Crippen molar-refractivity contribution in [1.29, 1.82) is 0 Å². The smallest absolute Gasteiger partial charge is 0.0346 e. The van der Waals surface area contributed by atoms with Crippen LogP contribution in [-0.4, -0.2) is 35.1 Å². The highest BCUT2D eigenvalue weighted by Crippen LogP contribution is 2.14. The molecule has 1 N–H and O–H groups in total. The zero-order valence-electron chi connectivity index (χ0n) is 13.6. The Morgan fingerprint density at radius 2 is 1.81 bits per heavy atom. The molecule has 0 amide bonds. The van der Waals surface area contributed by atoms with Crippen LogP contribution < -0.4 is 5.32 Å². The Morgan fingerprint density at radius 1 is 1.05 bits per heavy atom. The van der Waals surface area contributed by atoms with Gasteiger partial charge in [0.15, 0.2) is 0 Å². The minimum Gasteiger partial charge on any atom is -0.311 e. The molecular formula is C18H27N3. The summed E-state index contributed by atoms with van der Waals surface area (Å²) in [6.07, 6.45) is 3.76. The van der Waals surface area contributed by atoms with E-state index < -0.39 is 0 Å². The lowest BCUT2D eigenvalue weighted by atomic mass is 10.1. The fourth-order valence-electron chi connectivity index (χ4n) is 2.80. The molecule has 0 aliphatic heterocycles. The van der Waals surface area contributed by atoms with E-state index in [1.54, 1.807) is 0 Å². The molecule has 0 atom stereocenters. The van der Waals surface area contributed by atoms with E-state index in [-0.39, 0.29) is 0 Å². The second-order valence-electron chi connectivity index (χ2n) is 6.16. The number of aromatic nitrogens is 1. The first-order chi connectivity index (χ1) is 10.1. The van der Waals surface area contributed by atoms with Crippen molar-refractivity contribution in [3.63, 3.8) is 0 Å². The molecule has 0 aliphatic carbocycles. The molecule has 3 nitrogen and oxygen atoms in total. The molecule has 114 valence electrons. The van der Waals surface area contributed by atoms with Crippen LogP contribution in [0.4, 0.5) is 0 Å². The zero-order chi connectivity index (χ0) is 15.2. The van der Waals surface area contributed by atoms with E-state index in [1.165, 1.54) is 16.3 Å². The second-order valence-corrected chi connectivity index (χ2v) is 6.16. The predicted octanol–water partition coefficient (Wildman–Crippen LogP) is 3.44. The summed E-state index contributed by atoms with van der Waals surface area (Å²) in [5, 5.41) is 6.01.